The zero-order chi connectivity index (χ0) is 13.2. The second-order valence-electron chi connectivity index (χ2n) is 5.41. The van der Waals surface area contributed by atoms with Gasteiger partial charge in [-0.15, -0.1) is 0 Å². The maximum atomic E-state index is 10.9. The average Bonchev–Trinajstić information content (AvgIpc) is 2.18. The zero-order valence-electron chi connectivity index (χ0n) is 10.7. The molecule has 0 saturated heterocycles. The van der Waals surface area contributed by atoms with E-state index < -0.39 is 4.92 Å². The van der Waals surface area contributed by atoms with Crippen LogP contribution in [-0.4, -0.2) is 15.9 Å². The molecule has 0 aliphatic rings. The molecule has 0 aliphatic heterocycles. The Morgan fingerprint density at radius 1 is 1.53 bits per heavy atom. The molecular formula is C12H19N3O2. The molecule has 5 heteroatoms. The topological polar surface area (TPSA) is 82.0 Å². The summed E-state index contributed by atoms with van der Waals surface area (Å²) in [6.45, 7) is 7.82. The van der Waals surface area contributed by atoms with Gasteiger partial charge in [-0.05, 0) is 17.9 Å². The van der Waals surface area contributed by atoms with E-state index >= 15 is 0 Å². The lowest BCUT2D eigenvalue weighted by Gasteiger charge is -2.26. The SMILES string of the molecule is Cc1cnc(CC(N)C(C)(C)C)c([N+](=O)[O-])c1. The molecule has 1 atom stereocenters. The molecule has 1 aromatic heterocycles. The summed E-state index contributed by atoms with van der Waals surface area (Å²) < 4.78 is 0. The predicted molar refractivity (Wildman–Crippen MR) is 66.8 cm³/mol. The van der Waals surface area contributed by atoms with E-state index in [4.69, 9.17) is 5.73 Å². The van der Waals surface area contributed by atoms with Crippen molar-refractivity contribution in [3.63, 3.8) is 0 Å². The van der Waals surface area contributed by atoms with Crippen LogP contribution in [0.15, 0.2) is 12.3 Å². The second kappa shape index (κ2) is 4.79. The van der Waals surface area contributed by atoms with Gasteiger partial charge in [-0.1, -0.05) is 20.8 Å². The molecule has 0 bridgehead atoms. The van der Waals surface area contributed by atoms with Crippen LogP contribution >= 0.6 is 0 Å². The Balaban J connectivity index is 3.03. The number of aromatic nitrogens is 1. The van der Waals surface area contributed by atoms with Crippen molar-refractivity contribution in [2.75, 3.05) is 0 Å². The van der Waals surface area contributed by atoms with E-state index in [9.17, 15) is 10.1 Å². The highest BCUT2D eigenvalue weighted by atomic mass is 16.6. The fraction of sp³-hybridized carbons (Fsp3) is 0.583. The number of nitrogens with two attached hydrogens (primary N) is 1. The first kappa shape index (κ1) is 13.6. The van der Waals surface area contributed by atoms with Crippen molar-refractivity contribution in [3.05, 3.63) is 33.6 Å². The average molecular weight is 237 g/mol. The Labute approximate surface area is 101 Å². The summed E-state index contributed by atoms with van der Waals surface area (Å²) in [4.78, 5) is 14.7. The van der Waals surface area contributed by atoms with Gasteiger partial charge in [0.15, 0.2) is 0 Å². The van der Waals surface area contributed by atoms with Crippen LogP contribution in [0.1, 0.15) is 32.0 Å². The molecule has 0 spiro atoms. The van der Waals surface area contributed by atoms with Crippen LogP contribution in [0.3, 0.4) is 0 Å². The monoisotopic (exact) mass is 237 g/mol. The van der Waals surface area contributed by atoms with Gasteiger partial charge < -0.3 is 5.73 Å². The fourth-order valence-corrected chi connectivity index (χ4v) is 1.41. The van der Waals surface area contributed by atoms with Crippen molar-refractivity contribution in [1.29, 1.82) is 0 Å². The van der Waals surface area contributed by atoms with E-state index in [1.165, 1.54) is 6.07 Å². The van der Waals surface area contributed by atoms with Gasteiger partial charge in [0, 0.05) is 24.7 Å². The van der Waals surface area contributed by atoms with Gasteiger partial charge in [-0.25, -0.2) is 0 Å². The lowest BCUT2D eigenvalue weighted by molar-refractivity contribution is -0.386. The van der Waals surface area contributed by atoms with E-state index in [1.54, 1.807) is 13.1 Å². The summed E-state index contributed by atoms with van der Waals surface area (Å²) in [5.41, 5.74) is 7.23. The minimum atomic E-state index is -0.398. The molecule has 1 aromatic rings. The van der Waals surface area contributed by atoms with E-state index in [0.29, 0.717) is 12.1 Å². The fourth-order valence-electron chi connectivity index (χ4n) is 1.41. The predicted octanol–water partition coefficient (Wildman–Crippen LogP) is 2.21. The first-order valence-corrected chi connectivity index (χ1v) is 5.57. The molecule has 0 aromatic carbocycles. The molecule has 0 fully saturated rings. The highest BCUT2D eigenvalue weighted by Crippen LogP contribution is 2.24. The third-order valence-electron chi connectivity index (χ3n) is 2.81. The van der Waals surface area contributed by atoms with Crippen molar-refractivity contribution in [3.8, 4) is 0 Å². The quantitative estimate of drug-likeness (QED) is 0.645. The molecule has 94 valence electrons. The molecule has 17 heavy (non-hydrogen) atoms. The summed E-state index contributed by atoms with van der Waals surface area (Å²) >= 11 is 0. The van der Waals surface area contributed by atoms with Crippen LogP contribution in [0.4, 0.5) is 5.69 Å². The van der Waals surface area contributed by atoms with Crippen LogP contribution in [0, 0.1) is 22.5 Å². The van der Waals surface area contributed by atoms with E-state index in [-0.39, 0.29) is 17.1 Å². The summed E-state index contributed by atoms with van der Waals surface area (Å²) in [6.07, 6.45) is 2.05. The first-order chi connectivity index (χ1) is 7.71. The van der Waals surface area contributed by atoms with Gasteiger partial charge in [0.05, 0.1) is 4.92 Å². The minimum absolute atomic E-state index is 0.0599. The number of pyridine rings is 1. The summed E-state index contributed by atoms with van der Waals surface area (Å²) in [5.74, 6) is 0. The maximum absolute atomic E-state index is 10.9. The van der Waals surface area contributed by atoms with Crippen LogP contribution in [0.2, 0.25) is 0 Å². The van der Waals surface area contributed by atoms with Crippen LogP contribution in [-0.2, 0) is 6.42 Å². The number of hydrogen-bond donors (Lipinski definition) is 1. The molecule has 0 amide bonds. The van der Waals surface area contributed by atoms with E-state index in [0.717, 1.165) is 5.56 Å². The molecule has 2 N–H and O–H groups in total. The molecular weight excluding hydrogens is 218 g/mol. The zero-order valence-corrected chi connectivity index (χ0v) is 10.7. The number of nitrogens with zero attached hydrogens (tertiary/aromatic N) is 2. The largest absolute Gasteiger partial charge is 0.327 e. The Kier molecular flexibility index (Phi) is 3.83. The molecule has 1 heterocycles. The van der Waals surface area contributed by atoms with Gasteiger partial charge in [0.2, 0.25) is 0 Å². The molecule has 0 aliphatic carbocycles. The van der Waals surface area contributed by atoms with E-state index in [1.807, 2.05) is 20.8 Å². The Hall–Kier alpha value is -1.49. The number of nitro groups is 1. The third kappa shape index (κ3) is 3.49. The molecule has 0 radical (unpaired) electrons. The summed E-state index contributed by atoms with van der Waals surface area (Å²) in [7, 11) is 0. The highest BCUT2D eigenvalue weighted by Gasteiger charge is 2.25. The maximum Gasteiger partial charge on any atom is 0.291 e. The van der Waals surface area contributed by atoms with Crippen molar-refractivity contribution < 1.29 is 4.92 Å². The Bertz CT molecular complexity index is 424. The minimum Gasteiger partial charge on any atom is -0.327 e. The van der Waals surface area contributed by atoms with Gasteiger partial charge in [-0.2, -0.15) is 0 Å². The van der Waals surface area contributed by atoms with Crippen molar-refractivity contribution >= 4 is 5.69 Å². The van der Waals surface area contributed by atoms with Crippen LogP contribution < -0.4 is 5.73 Å². The normalized spacial score (nSPS) is 13.5. The van der Waals surface area contributed by atoms with Crippen molar-refractivity contribution in [1.82, 2.24) is 4.98 Å². The second-order valence-corrected chi connectivity index (χ2v) is 5.41. The van der Waals surface area contributed by atoms with Gasteiger partial charge in [0.25, 0.3) is 5.69 Å². The van der Waals surface area contributed by atoms with Gasteiger partial charge >= 0.3 is 0 Å². The number of rotatable bonds is 3. The Morgan fingerprint density at radius 2 is 2.12 bits per heavy atom. The van der Waals surface area contributed by atoms with Gasteiger partial charge in [-0.3, -0.25) is 15.1 Å². The molecule has 1 rings (SSSR count). The smallest absolute Gasteiger partial charge is 0.291 e. The molecule has 0 saturated carbocycles. The summed E-state index contributed by atoms with van der Waals surface area (Å²) in [6, 6.07) is 1.38. The number of hydrogen-bond acceptors (Lipinski definition) is 4. The van der Waals surface area contributed by atoms with Crippen LogP contribution in [0.25, 0.3) is 0 Å². The number of aryl methyl sites for hydroxylation is 1. The third-order valence-corrected chi connectivity index (χ3v) is 2.81. The lowest BCUT2D eigenvalue weighted by atomic mass is 9.84. The molecule has 5 nitrogen and oxygen atoms in total. The van der Waals surface area contributed by atoms with Crippen molar-refractivity contribution in [2.45, 2.75) is 40.2 Å². The van der Waals surface area contributed by atoms with Gasteiger partial charge in [0.1, 0.15) is 5.69 Å². The van der Waals surface area contributed by atoms with E-state index in [2.05, 4.69) is 4.98 Å². The highest BCUT2D eigenvalue weighted by molar-refractivity contribution is 5.38. The lowest BCUT2D eigenvalue weighted by Crippen LogP contribution is -2.37. The standard InChI is InChI=1S/C12H19N3O2/c1-8-5-10(15(16)17)9(14-7-8)6-11(13)12(2,3)4/h5,7,11H,6,13H2,1-4H3. The Morgan fingerprint density at radius 3 is 2.59 bits per heavy atom. The van der Waals surface area contributed by atoms with Crippen molar-refractivity contribution in [2.24, 2.45) is 11.1 Å². The van der Waals surface area contributed by atoms with Crippen LogP contribution in [0.5, 0.6) is 0 Å². The summed E-state index contributed by atoms with van der Waals surface area (Å²) in [5, 5.41) is 10.9. The first-order valence-electron chi connectivity index (χ1n) is 5.57. The molecule has 1 unspecified atom stereocenters.